The van der Waals surface area contributed by atoms with E-state index >= 15 is 0 Å². The first-order valence-electron chi connectivity index (χ1n) is 12.9. The van der Waals surface area contributed by atoms with Crippen LogP contribution >= 0.6 is 0 Å². The number of aliphatic hydroxyl groups excluding tert-OH is 2. The van der Waals surface area contributed by atoms with E-state index in [4.69, 9.17) is 19.7 Å². The summed E-state index contributed by atoms with van der Waals surface area (Å²) in [6.07, 6.45) is 15.7. The number of methoxy groups -OCH3 is 2. The lowest BCUT2D eigenvalue weighted by atomic mass is 9.67. The predicted octanol–water partition coefficient (Wildman–Crippen LogP) is 4.78. The molecule has 0 radical (unpaired) electrons. The number of carbonyl (C=O) groups is 2. The van der Waals surface area contributed by atoms with Crippen LogP contribution < -0.4 is 0 Å². The minimum absolute atomic E-state index is 0.218. The Bertz CT molecular complexity index is 519. The van der Waals surface area contributed by atoms with Gasteiger partial charge in [0.25, 0.3) is 0 Å². The maximum absolute atomic E-state index is 9.48. The Balaban J connectivity index is 0.000000750. The molecule has 0 bridgehead atoms. The van der Waals surface area contributed by atoms with E-state index in [-0.39, 0.29) is 24.4 Å². The number of aliphatic hydroxyl groups is 2. The van der Waals surface area contributed by atoms with Gasteiger partial charge < -0.3 is 19.7 Å². The fourth-order valence-corrected chi connectivity index (χ4v) is 5.27. The van der Waals surface area contributed by atoms with Crippen molar-refractivity contribution in [1.82, 2.24) is 0 Å². The molecule has 2 N–H and O–H groups in total. The van der Waals surface area contributed by atoms with Gasteiger partial charge in [0.2, 0.25) is 0 Å². The fourth-order valence-electron chi connectivity index (χ4n) is 5.27. The molecule has 0 saturated heterocycles. The monoisotopic (exact) mass is 482 g/mol. The topological polar surface area (TPSA) is 93.1 Å². The highest BCUT2D eigenvalue weighted by Crippen LogP contribution is 2.43. The molecule has 6 nitrogen and oxygen atoms in total. The van der Waals surface area contributed by atoms with E-state index in [2.05, 4.69) is 20.1 Å². The molecule has 198 valence electrons. The summed E-state index contributed by atoms with van der Waals surface area (Å²) < 4.78 is 10.8. The van der Waals surface area contributed by atoms with E-state index < -0.39 is 0 Å². The third kappa shape index (κ3) is 14.1. The number of hydrogen-bond donors (Lipinski definition) is 2. The normalized spacial score (nSPS) is 24.2. The minimum Gasteiger partial charge on any atom is -0.392 e. The van der Waals surface area contributed by atoms with Gasteiger partial charge in [0.1, 0.15) is 12.6 Å². The summed E-state index contributed by atoms with van der Waals surface area (Å²) >= 11 is 0. The van der Waals surface area contributed by atoms with Crippen molar-refractivity contribution in [3.63, 3.8) is 0 Å². The first-order valence-corrected chi connectivity index (χ1v) is 12.9. The summed E-state index contributed by atoms with van der Waals surface area (Å²) in [5.74, 6) is 4.54. The third-order valence-corrected chi connectivity index (χ3v) is 7.24. The third-order valence-electron chi connectivity index (χ3n) is 7.24. The van der Waals surface area contributed by atoms with Gasteiger partial charge in [-0.25, -0.2) is 0 Å². The first kappa shape index (κ1) is 32.7. The van der Waals surface area contributed by atoms with Gasteiger partial charge in [-0.3, -0.25) is 9.59 Å². The molecule has 2 fully saturated rings. The molecule has 0 aromatic rings. The van der Waals surface area contributed by atoms with E-state index in [0.717, 1.165) is 36.9 Å². The highest BCUT2D eigenvalue weighted by atomic mass is 16.5. The number of hydrogen-bond acceptors (Lipinski definition) is 6. The Morgan fingerprint density at radius 1 is 0.824 bits per heavy atom. The van der Waals surface area contributed by atoms with Crippen molar-refractivity contribution in [2.24, 2.45) is 29.6 Å². The molecular formula is C28H50O6. The molecular weight excluding hydrogens is 432 g/mol. The summed E-state index contributed by atoms with van der Waals surface area (Å²) in [4.78, 5) is 19.0. The number of rotatable bonds is 12. The van der Waals surface area contributed by atoms with Crippen LogP contribution in [0.1, 0.15) is 71.1 Å². The second-order valence-electron chi connectivity index (χ2n) is 9.78. The highest BCUT2D eigenvalue weighted by Gasteiger charge is 2.33. The van der Waals surface area contributed by atoms with Gasteiger partial charge in [0, 0.05) is 31.3 Å². The van der Waals surface area contributed by atoms with Gasteiger partial charge in [-0.2, -0.15) is 0 Å². The molecule has 2 aliphatic carbocycles. The first-order chi connectivity index (χ1) is 16.4. The fraction of sp³-hybridized carbons (Fsp3) is 0.786. The van der Waals surface area contributed by atoms with Gasteiger partial charge in [0.15, 0.2) is 0 Å². The summed E-state index contributed by atoms with van der Waals surface area (Å²) in [5.41, 5.74) is 0.435. The Morgan fingerprint density at radius 2 is 1.24 bits per heavy atom. The molecule has 6 heteroatoms. The van der Waals surface area contributed by atoms with Crippen LogP contribution in [0.15, 0.2) is 24.3 Å². The molecule has 0 aliphatic heterocycles. The number of aldehydes is 2. The van der Waals surface area contributed by atoms with Crippen LogP contribution in [-0.2, 0) is 19.1 Å². The second-order valence-corrected chi connectivity index (χ2v) is 9.78. The van der Waals surface area contributed by atoms with Crippen molar-refractivity contribution in [3.05, 3.63) is 24.3 Å². The Hall–Kier alpha value is -1.34. The largest absolute Gasteiger partial charge is 0.392 e. The average molecular weight is 483 g/mol. The quantitative estimate of drug-likeness (QED) is 0.307. The zero-order valence-electron chi connectivity index (χ0n) is 21.9. The van der Waals surface area contributed by atoms with Crippen LogP contribution in [0.3, 0.4) is 0 Å². The molecule has 2 rings (SSSR count). The molecule has 2 aliphatic rings. The lowest BCUT2D eigenvalue weighted by Gasteiger charge is -2.39. The minimum atomic E-state index is -0.233. The van der Waals surface area contributed by atoms with Crippen molar-refractivity contribution in [2.45, 2.75) is 71.1 Å². The second kappa shape index (κ2) is 21.0. The van der Waals surface area contributed by atoms with E-state index in [0.29, 0.717) is 18.5 Å². The predicted molar refractivity (Wildman–Crippen MR) is 138 cm³/mol. The summed E-state index contributed by atoms with van der Waals surface area (Å²) in [6, 6.07) is 0. The van der Waals surface area contributed by atoms with Crippen LogP contribution in [0.2, 0.25) is 0 Å². The molecule has 0 amide bonds. The molecule has 0 aromatic carbocycles. The maximum atomic E-state index is 9.48. The van der Waals surface area contributed by atoms with Gasteiger partial charge >= 0.3 is 0 Å². The molecule has 34 heavy (non-hydrogen) atoms. The Labute approximate surface area is 207 Å². The van der Waals surface area contributed by atoms with Crippen LogP contribution in [0.25, 0.3) is 0 Å². The van der Waals surface area contributed by atoms with E-state index in [1.165, 1.54) is 64.2 Å². The Kier molecular flexibility index (Phi) is 20.2. The molecule has 2 saturated carbocycles. The van der Waals surface area contributed by atoms with Crippen LogP contribution in [0, 0.1) is 29.6 Å². The molecule has 0 heterocycles. The number of ether oxygens (including phenoxy) is 2. The highest BCUT2D eigenvalue weighted by molar-refractivity contribution is 5.72. The summed E-state index contributed by atoms with van der Waals surface area (Å²) in [6.45, 7) is 9.95. The zero-order valence-corrected chi connectivity index (χ0v) is 21.9. The summed E-state index contributed by atoms with van der Waals surface area (Å²) in [7, 11) is 3.64. The lowest BCUT2D eigenvalue weighted by molar-refractivity contribution is -0.106. The SMILES string of the molecule is C=C(C=O)CO.C=C(C=O)CO.CCCC1CCC(C2CCC(C(COC)COC)CC2)CC1. The van der Waals surface area contributed by atoms with Crippen molar-refractivity contribution < 1.29 is 29.3 Å². The Morgan fingerprint density at radius 3 is 1.53 bits per heavy atom. The van der Waals surface area contributed by atoms with E-state index in [9.17, 15) is 9.59 Å². The van der Waals surface area contributed by atoms with E-state index in [1.807, 2.05) is 14.2 Å². The molecule has 0 aromatic heterocycles. The van der Waals surface area contributed by atoms with Gasteiger partial charge in [-0.15, -0.1) is 0 Å². The standard InChI is InChI=1S/C20H38O2.2C4H6O2/c1-4-5-16-6-8-17(9-7-16)18-10-12-19(13-11-18)20(14-21-2)15-22-3;2*1-4(2-5)3-6/h16-20H,4-15H2,1-3H3;2*2,6H,1,3H2. The van der Waals surface area contributed by atoms with Gasteiger partial charge in [-0.05, 0) is 62.2 Å². The lowest BCUT2D eigenvalue weighted by Crippen LogP contribution is -2.31. The van der Waals surface area contributed by atoms with Crippen LogP contribution in [0.5, 0.6) is 0 Å². The average Bonchev–Trinajstić information content (AvgIpc) is 2.89. The van der Waals surface area contributed by atoms with E-state index in [1.54, 1.807) is 0 Å². The van der Waals surface area contributed by atoms with Gasteiger partial charge in [0.05, 0.1) is 26.4 Å². The zero-order chi connectivity index (χ0) is 25.8. The van der Waals surface area contributed by atoms with Crippen LogP contribution in [-0.4, -0.2) is 63.4 Å². The molecule has 0 unspecified atom stereocenters. The summed E-state index contributed by atoms with van der Waals surface area (Å²) in [5, 5.41) is 16.0. The maximum Gasteiger partial charge on any atom is 0.147 e. The van der Waals surface area contributed by atoms with Crippen LogP contribution in [0.4, 0.5) is 0 Å². The van der Waals surface area contributed by atoms with Crippen molar-refractivity contribution in [3.8, 4) is 0 Å². The van der Waals surface area contributed by atoms with Crippen molar-refractivity contribution in [2.75, 3.05) is 40.6 Å². The smallest absolute Gasteiger partial charge is 0.147 e. The number of carbonyl (C=O) groups excluding carboxylic acids is 2. The van der Waals surface area contributed by atoms with Gasteiger partial charge in [-0.1, -0.05) is 45.8 Å². The molecule has 0 spiro atoms. The van der Waals surface area contributed by atoms with Crippen molar-refractivity contribution in [1.29, 1.82) is 0 Å². The van der Waals surface area contributed by atoms with Crippen molar-refractivity contribution >= 4 is 12.6 Å². The molecule has 0 atom stereocenters.